The second-order valence-electron chi connectivity index (χ2n) is 5.21. The quantitative estimate of drug-likeness (QED) is 0.556. The molecule has 3 N–H and O–H groups in total. The smallest absolute Gasteiger partial charge is 0.120 e. The number of phenols is 1. The molecule has 0 fully saturated rings. The third-order valence-electron chi connectivity index (χ3n) is 3.34. The molecule has 0 atom stereocenters. The van der Waals surface area contributed by atoms with Crippen LogP contribution in [-0.4, -0.2) is 5.11 Å². The van der Waals surface area contributed by atoms with Crippen molar-refractivity contribution in [2.45, 2.75) is 16.4 Å². The van der Waals surface area contributed by atoms with Crippen molar-refractivity contribution < 1.29 is 9.84 Å². The minimum Gasteiger partial charge on any atom is -0.508 e. The van der Waals surface area contributed by atoms with Crippen LogP contribution in [0.5, 0.6) is 11.5 Å². The second-order valence-corrected chi connectivity index (χ2v) is 7.25. The number of hydrogen-bond acceptors (Lipinski definition) is 4. The van der Waals surface area contributed by atoms with Gasteiger partial charge in [0.25, 0.3) is 0 Å². The number of anilines is 1. The van der Waals surface area contributed by atoms with Gasteiger partial charge in [-0.2, -0.15) is 0 Å². The van der Waals surface area contributed by atoms with E-state index in [0.717, 1.165) is 25.6 Å². The Hall–Kier alpha value is -2.11. The standard InChI is InChI=1S/C19H16BrNO2S/c20-14-2-1-3-16(11-14)23-12-13-4-9-19(18(21)10-13)24-17-7-5-15(22)6-8-17/h1-11,22H,12,21H2. The molecule has 0 heterocycles. The number of aromatic hydroxyl groups is 1. The van der Waals surface area contributed by atoms with Gasteiger partial charge in [-0.05, 0) is 60.2 Å². The average molecular weight is 402 g/mol. The van der Waals surface area contributed by atoms with Gasteiger partial charge in [-0.15, -0.1) is 0 Å². The summed E-state index contributed by atoms with van der Waals surface area (Å²) in [5, 5.41) is 9.33. The molecule has 0 aliphatic heterocycles. The molecule has 0 aliphatic carbocycles. The predicted molar refractivity (Wildman–Crippen MR) is 102 cm³/mol. The highest BCUT2D eigenvalue weighted by Gasteiger charge is 2.05. The van der Waals surface area contributed by atoms with E-state index in [0.29, 0.717) is 12.3 Å². The van der Waals surface area contributed by atoms with Gasteiger partial charge in [-0.25, -0.2) is 0 Å². The second kappa shape index (κ2) is 7.64. The molecule has 3 rings (SSSR count). The lowest BCUT2D eigenvalue weighted by Crippen LogP contribution is -1.97. The summed E-state index contributed by atoms with van der Waals surface area (Å²) >= 11 is 4.99. The fourth-order valence-electron chi connectivity index (χ4n) is 2.15. The molecule has 0 aliphatic rings. The topological polar surface area (TPSA) is 55.5 Å². The van der Waals surface area contributed by atoms with Crippen LogP contribution in [0, 0.1) is 0 Å². The minimum atomic E-state index is 0.257. The Morgan fingerprint density at radius 1 is 1.00 bits per heavy atom. The van der Waals surface area contributed by atoms with E-state index < -0.39 is 0 Å². The summed E-state index contributed by atoms with van der Waals surface area (Å²) in [6.45, 7) is 0.463. The SMILES string of the molecule is Nc1cc(COc2cccc(Br)c2)ccc1Sc1ccc(O)cc1. The van der Waals surface area contributed by atoms with E-state index in [9.17, 15) is 5.11 Å². The van der Waals surface area contributed by atoms with Gasteiger partial charge >= 0.3 is 0 Å². The Bertz CT molecular complexity index is 837. The van der Waals surface area contributed by atoms with E-state index in [4.69, 9.17) is 10.5 Å². The molecule has 122 valence electrons. The molecule has 0 radical (unpaired) electrons. The summed E-state index contributed by atoms with van der Waals surface area (Å²) in [7, 11) is 0. The van der Waals surface area contributed by atoms with Gasteiger partial charge in [0.1, 0.15) is 18.1 Å². The molecule has 3 aromatic rings. The largest absolute Gasteiger partial charge is 0.508 e. The first-order valence-corrected chi connectivity index (χ1v) is 8.95. The van der Waals surface area contributed by atoms with Crippen LogP contribution in [0.25, 0.3) is 0 Å². The Balaban J connectivity index is 1.67. The van der Waals surface area contributed by atoms with Gasteiger partial charge in [0.15, 0.2) is 0 Å². The average Bonchev–Trinajstić information content (AvgIpc) is 2.57. The van der Waals surface area contributed by atoms with E-state index in [-0.39, 0.29) is 5.75 Å². The third kappa shape index (κ3) is 4.46. The molecule has 0 saturated carbocycles. The van der Waals surface area contributed by atoms with E-state index in [1.165, 1.54) is 0 Å². The summed E-state index contributed by atoms with van der Waals surface area (Å²) in [6.07, 6.45) is 0. The van der Waals surface area contributed by atoms with Crippen LogP contribution in [0.2, 0.25) is 0 Å². The first kappa shape index (κ1) is 16.7. The summed E-state index contributed by atoms with van der Waals surface area (Å²) in [4.78, 5) is 2.00. The number of ether oxygens (including phenoxy) is 1. The van der Waals surface area contributed by atoms with Crippen molar-refractivity contribution in [3.05, 3.63) is 76.8 Å². The summed E-state index contributed by atoms with van der Waals surface area (Å²) in [6, 6.07) is 20.7. The molecule has 0 aromatic heterocycles. The lowest BCUT2D eigenvalue weighted by Gasteiger charge is -2.10. The van der Waals surface area contributed by atoms with Crippen molar-refractivity contribution in [3.63, 3.8) is 0 Å². The van der Waals surface area contributed by atoms with Crippen LogP contribution in [0.3, 0.4) is 0 Å². The van der Waals surface area contributed by atoms with Gasteiger partial charge in [0.2, 0.25) is 0 Å². The fraction of sp³-hybridized carbons (Fsp3) is 0.0526. The van der Waals surface area contributed by atoms with Crippen molar-refractivity contribution in [1.29, 1.82) is 0 Å². The van der Waals surface area contributed by atoms with Crippen molar-refractivity contribution in [2.24, 2.45) is 0 Å². The zero-order valence-electron chi connectivity index (χ0n) is 12.8. The van der Waals surface area contributed by atoms with E-state index in [1.54, 1.807) is 23.9 Å². The molecule has 0 unspecified atom stereocenters. The molecule has 24 heavy (non-hydrogen) atoms. The van der Waals surface area contributed by atoms with E-state index >= 15 is 0 Å². The van der Waals surface area contributed by atoms with Gasteiger partial charge in [-0.3, -0.25) is 0 Å². The third-order valence-corrected chi connectivity index (χ3v) is 4.93. The number of phenolic OH excluding ortho intramolecular Hbond substituents is 1. The van der Waals surface area contributed by atoms with Crippen LogP contribution in [0.1, 0.15) is 5.56 Å². The van der Waals surface area contributed by atoms with Crippen LogP contribution in [0.4, 0.5) is 5.69 Å². The van der Waals surface area contributed by atoms with Crippen LogP contribution < -0.4 is 10.5 Å². The number of nitrogens with two attached hydrogens (primary N) is 1. The number of hydrogen-bond donors (Lipinski definition) is 2. The van der Waals surface area contributed by atoms with Crippen molar-refractivity contribution in [3.8, 4) is 11.5 Å². The molecule has 3 aromatic carbocycles. The van der Waals surface area contributed by atoms with Crippen molar-refractivity contribution in [2.75, 3.05) is 5.73 Å². The Morgan fingerprint density at radius 3 is 2.50 bits per heavy atom. The fourth-order valence-corrected chi connectivity index (χ4v) is 3.36. The van der Waals surface area contributed by atoms with E-state index in [1.807, 2.05) is 54.6 Å². The highest BCUT2D eigenvalue weighted by atomic mass is 79.9. The van der Waals surface area contributed by atoms with Crippen molar-refractivity contribution in [1.82, 2.24) is 0 Å². The highest BCUT2D eigenvalue weighted by Crippen LogP contribution is 2.33. The Morgan fingerprint density at radius 2 is 1.79 bits per heavy atom. The predicted octanol–water partition coefficient (Wildman–Crippen LogP) is 5.47. The van der Waals surface area contributed by atoms with Crippen LogP contribution in [-0.2, 0) is 6.61 Å². The normalized spacial score (nSPS) is 10.5. The zero-order valence-corrected chi connectivity index (χ0v) is 15.2. The maximum atomic E-state index is 9.33. The lowest BCUT2D eigenvalue weighted by atomic mass is 10.2. The molecular formula is C19H16BrNO2S. The Labute approximate surface area is 153 Å². The zero-order chi connectivity index (χ0) is 16.9. The Kier molecular flexibility index (Phi) is 5.33. The highest BCUT2D eigenvalue weighted by molar-refractivity contribution is 9.10. The molecule has 0 bridgehead atoms. The summed E-state index contributed by atoms with van der Waals surface area (Å²) < 4.78 is 6.77. The van der Waals surface area contributed by atoms with Gasteiger partial charge in [0, 0.05) is 20.0 Å². The first-order chi connectivity index (χ1) is 11.6. The maximum Gasteiger partial charge on any atom is 0.120 e. The number of nitrogen functional groups attached to an aromatic ring is 1. The number of rotatable bonds is 5. The molecule has 0 spiro atoms. The molecular weight excluding hydrogens is 386 g/mol. The molecule has 5 heteroatoms. The molecule has 0 amide bonds. The molecule has 0 saturated heterocycles. The van der Waals surface area contributed by atoms with Crippen LogP contribution >= 0.6 is 27.7 Å². The lowest BCUT2D eigenvalue weighted by molar-refractivity contribution is 0.306. The van der Waals surface area contributed by atoms with Gasteiger partial charge < -0.3 is 15.6 Å². The van der Waals surface area contributed by atoms with E-state index in [2.05, 4.69) is 15.9 Å². The summed E-state index contributed by atoms with van der Waals surface area (Å²) in [5.74, 6) is 1.07. The van der Waals surface area contributed by atoms with Crippen molar-refractivity contribution >= 4 is 33.4 Å². The summed E-state index contributed by atoms with van der Waals surface area (Å²) in [5.41, 5.74) is 7.89. The number of halogens is 1. The first-order valence-electron chi connectivity index (χ1n) is 7.34. The number of benzene rings is 3. The van der Waals surface area contributed by atoms with Gasteiger partial charge in [-0.1, -0.05) is 39.8 Å². The molecule has 3 nitrogen and oxygen atoms in total. The minimum absolute atomic E-state index is 0.257. The maximum absolute atomic E-state index is 9.33. The monoisotopic (exact) mass is 401 g/mol. The van der Waals surface area contributed by atoms with Gasteiger partial charge in [0.05, 0.1) is 0 Å². The van der Waals surface area contributed by atoms with Crippen LogP contribution in [0.15, 0.2) is 81.0 Å².